The molecule has 0 aliphatic rings. The molecular weight excluding hydrogens is 529 g/mol. The lowest BCUT2D eigenvalue weighted by Gasteiger charge is -2.17. The normalized spacial score (nSPS) is 12.4. The maximum Gasteiger partial charge on any atom is 0.266 e. The molecule has 202 valence electrons. The van der Waals surface area contributed by atoms with Crippen molar-refractivity contribution in [2.24, 2.45) is 0 Å². The molecule has 0 radical (unpaired) electrons. The molecule has 9 nitrogen and oxygen atoms in total. The maximum absolute atomic E-state index is 15.0. The molecule has 0 fully saturated rings. The molecule has 40 heavy (non-hydrogen) atoms. The van der Waals surface area contributed by atoms with E-state index in [4.69, 9.17) is 20.6 Å². The summed E-state index contributed by atoms with van der Waals surface area (Å²) in [5, 5.41) is 7.25. The van der Waals surface area contributed by atoms with Gasteiger partial charge in [-0.15, -0.1) is 11.3 Å². The van der Waals surface area contributed by atoms with Gasteiger partial charge >= 0.3 is 0 Å². The fraction of sp³-hybridized carbons (Fsp3) is 0.207. The Morgan fingerprint density at radius 3 is 2.55 bits per heavy atom. The summed E-state index contributed by atoms with van der Waals surface area (Å²) in [5.74, 6) is -0.157. The zero-order valence-corrected chi connectivity index (χ0v) is 23.1. The number of hydrogen-bond donors (Lipinski definition) is 1. The quantitative estimate of drug-likeness (QED) is 0.282. The van der Waals surface area contributed by atoms with Gasteiger partial charge in [0.25, 0.3) is 5.56 Å². The van der Waals surface area contributed by atoms with E-state index < -0.39 is 11.9 Å². The number of rotatable bonds is 6. The summed E-state index contributed by atoms with van der Waals surface area (Å²) in [6.45, 7) is 7.45. The van der Waals surface area contributed by atoms with Crippen LogP contribution in [0.5, 0.6) is 5.75 Å². The second-order valence-electron chi connectivity index (χ2n) is 9.78. The molecule has 0 bridgehead atoms. The number of anilines is 1. The third-order valence-corrected chi connectivity index (χ3v) is 7.62. The number of nitrogens with two attached hydrogens (primary N) is 1. The van der Waals surface area contributed by atoms with Gasteiger partial charge in [-0.25, -0.2) is 24.0 Å². The third kappa shape index (κ3) is 4.19. The Hall–Kier alpha value is -4.64. The van der Waals surface area contributed by atoms with Crippen molar-refractivity contribution < 1.29 is 9.13 Å². The predicted molar refractivity (Wildman–Crippen MR) is 154 cm³/mol. The van der Waals surface area contributed by atoms with Gasteiger partial charge in [0.1, 0.15) is 17.8 Å². The summed E-state index contributed by atoms with van der Waals surface area (Å²) >= 11 is 1.40. The van der Waals surface area contributed by atoms with Crippen LogP contribution in [0.1, 0.15) is 38.2 Å². The lowest BCUT2D eigenvalue weighted by Crippen LogP contribution is -2.23. The van der Waals surface area contributed by atoms with Crippen molar-refractivity contribution in [3.05, 3.63) is 87.8 Å². The van der Waals surface area contributed by atoms with E-state index in [2.05, 4.69) is 9.97 Å². The number of halogens is 1. The number of ether oxygens (including phenoxy) is 1. The fourth-order valence-electron chi connectivity index (χ4n) is 4.86. The number of hydrogen-bond acceptors (Lipinski definition) is 8. The van der Waals surface area contributed by atoms with Crippen LogP contribution in [0.25, 0.3) is 38.4 Å². The van der Waals surface area contributed by atoms with Crippen LogP contribution < -0.4 is 16.0 Å². The number of thiazole rings is 1. The van der Waals surface area contributed by atoms with Crippen LogP contribution in [-0.4, -0.2) is 35.2 Å². The van der Waals surface area contributed by atoms with E-state index in [9.17, 15) is 9.18 Å². The van der Waals surface area contributed by atoms with Gasteiger partial charge in [-0.05, 0) is 51.5 Å². The molecule has 0 aliphatic heterocycles. The minimum atomic E-state index is -0.533. The van der Waals surface area contributed by atoms with Crippen LogP contribution in [0, 0.1) is 12.7 Å². The lowest BCUT2D eigenvalue weighted by atomic mass is 10.0. The van der Waals surface area contributed by atoms with E-state index in [0.29, 0.717) is 38.5 Å². The van der Waals surface area contributed by atoms with Crippen molar-refractivity contribution in [2.45, 2.75) is 39.8 Å². The summed E-state index contributed by atoms with van der Waals surface area (Å²) < 4.78 is 23.9. The molecule has 4 heterocycles. The average Bonchev–Trinajstić information content (AvgIpc) is 3.51. The summed E-state index contributed by atoms with van der Waals surface area (Å²) in [5.41, 5.74) is 10.1. The first-order chi connectivity index (χ1) is 19.2. The van der Waals surface area contributed by atoms with Crippen molar-refractivity contribution >= 4 is 33.1 Å². The van der Waals surface area contributed by atoms with Gasteiger partial charge < -0.3 is 10.5 Å². The number of aromatic nitrogens is 6. The summed E-state index contributed by atoms with van der Waals surface area (Å²) in [7, 11) is 0. The Morgan fingerprint density at radius 2 is 1.82 bits per heavy atom. The predicted octanol–water partition coefficient (Wildman–Crippen LogP) is 5.66. The number of nitrogen functional groups attached to an aromatic ring is 1. The summed E-state index contributed by atoms with van der Waals surface area (Å²) in [6.07, 6.45) is 1.18. The molecular formula is C29H26FN7O2S. The first-order valence-electron chi connectivity index (χ1n) is 12.8. The van der Waals surface area contributed by atoms with E-state index >= 15 is 0 Å². The fourth-order valence-corrected chi connectivity index (χ4v) is 5.72. The Bertz CT molecular complexity index is 1950. The van der Waals surface area contributed by atoms with Crippen molar-refractivity contribution in [2.75, 3.05) is 5.73 Å². The molecule has 6 rings (SSSR count). The minimum Gasteiger partial charge on any atom is -0.488 e. The van der Waals surface area contributed by atoms with Gasteiger partial charge in [0.2, 0.25) is 0 Å². The molecule has 11 heteroatoms. The SMILES string of the molecule is Cc1csc2nc(C(C)n3nc(-c4ccc(OC(C)C)c(F)c4)c4c(N)ncnc43)c(-c3ccccc3)c(=O)n12. The molecule has 4 aromatic heterocycles. The second-order valence-corrected chi connectivity index (χ2v) is 10.6. The molecule has 0 spiro atoms. The van der Waals surface area contributed by atoms with Crippen LogP contribution in [0.4, 0.5) is 10.2 Å². The Morgan fingerprint density at radius 1 is 1.05 bits per heavy atom. The molecule has 2 aromatic carbocycles. The highest BCUT2D eigenvalue weighted by molar-refractivity contribution is 7.15. The highest BCUT2D eigenvalue weighted by atomic mass is 32.1. The number of fused-ring (bicyclic) bond motifs is 2. The van der Waals surface area contributed by atoms with Gasteiger partial charge in [0.15, 0.2) is 22.2 Å². The Balaban J connectivity index is 1.58. The zero-order valence-electron chi connectivity index (χ0n) is 22.3. The molecule has 1 unspecified atom stereocenters. The average molecular weight is 556 g/mol. The number of benzene rings is 2. The van der Waals surface area contributed by atoms with E-state index in [1.54, 1.807) is 21.2 Å². The van der Waals surface area contributed by atoms with Crippen molar-refractivity contribution in [3.8, 4) is 28.1 Å². The van der Waals surface area contributed by atoms with Gasteiger partial charge in [0, 0.05) is 16.6 Å². The standard InChI is InChI=1S/C29H26FN7O2S/c1-15(2)39-21-11-10-19(12-20(21)30)25-23-26(31)32-14-33-27(23)37(35-25)17(4)24-22(18-8-6-5-7-9-18)28(38)36-16(3)13-40-29(36)34-24/h5-15,17H,1-4H3,(H2,31,32,33). The zero-order chi connectivity index (χ0) is 28.1. The smallest absolute Gasteiger partial charge is 0.266 e. The monoisotopic (exact) mass is 555 g/mol. The van der Waals surface area contributed by atoms with Crippen molar-refractivity contribution in [1.82, 2.24) is 29.1 Å². The third-order valence-electron chi connectivity index (χ3n) is 6.68. The van der Waals surface area contributed by atoms with Gasteiger partial charge in [0.05, 0.1) is 28.8 Å². The second kappa shape index (κ2) is 9.83. The van der Waals surface area contributed by atoms with Gasteiger partial charge in [-0.3, -0.25) is 9.20 Å². The van der Waals surface area contributed by atoms with Crippen LogP contribution in [0.15, 0.2) is 65.0 Å². The van der Waals surface area contributed by atoms with E-state index in [1.807, 2.05) is 63.4 Å². The van der Waals surface area contributed by atoms with Crippen molar-refractivity contribution in [3.63, 3.8) is 0 Å². The summed E-state index contributed by atoms with van der Waals surface area (Å²) in [6, 6.07) is 13.6. The summed E-state index contributed by atoms with van der Waals surface area (Å²) in [4.78, 5) is 28.0. The lowest BCUT2D eigenvalue weighted by molar-refractivity contribution is 0.231. The molecule has 1 atom stereocenters. The Labute approximate surface area is 232 Å². The van der Waals surface area contributed by atoms with Gasteiger partial charge in [-0.1, -0.05) is 30.3 Å². The Kier molecular flexibility index (Phi) is 6.30. The van der Waals surface area contributed by atoms with Crippen LogP contribution in [0.2, 0.25) is 0 Å². The van der Waals surface area contributed by atoms with E-state index in [0.717, 1.165) is 11.3 Å². The molecule has 0 aliphatic carbocycles. The highest BCUT2D eigenvalue weighted by Crippen LogP contribution is 2.36. The van der Waals surface area contributed by atoms with Crippen LogP contribution in [0.3, 0.4) is 0 Å². The minimum absolute atomic E-state index is 0.150. The first kappa shape index (κ1) is 25.6. The number of aryl methyl sites for hydroxylation is 1. The molecule has 0 amide bonds. The molecule has 0 saturated heterocycles. The first-order valence-corrected chi connectivity index (χ1v) is 13.6. The van der Waals surface area contributed by atoms with E-state index in [-0.39, 0.29) is 23.2 Å². The van der Waals surface area contributed by atoms with Crippen LogP contribution in [-0.2, 0) is 0 Å². The maximum atomic E-state index is 15.0. The molecule has 0 saturated carbocycles. The van der Waals surface area contributed by atoms with Gasteiger partial charge in [-0.2, -0.15) is 5.10 Å². The molecule has 6 aromatic rings. The topological polar surface area (TPSA) is 113 Å². The highest BCUT2D eigenvalue weighted by Gasteiger charge is 2.27. The number of nitrogens with zero attached hydrogens (tertiary/aromatic N) is 6. The molecule has 2 N–H and O–H groups in total. The largest absolute Gasteiger partial charge is 0.488 e. The van der Waals surface area contributed by atoms with E-state index in [1.165, 1.54) is 23.7 Å². The van der Waals surface area contributed by atoms with Crippen molar-refractivity contribution in [1.29, 1.82) is 0 Å². The van der Waals surface area contributed by atoms with Crippen LogP contribution >= 0.6 is 11.3 Å².